The number of carboxylic acids is 1. The van der Waals surface area contributed by atoms with Crippen LogP contribution in [0.5, 0.6) is 0 Å². The Morgan fingerprint density at radius 3 is 2.26 bits per heavy atom. The van der Waals surface area contributed by atoms with Gasteiger partial charge in [0, 0.05) is 0 Å². The van der Waals surface area contributed by atoms with Crippen molar-refractivity contribution in [2.24, 2.45) is 50.7 Å². The molecule has 0 heterocycles. The zero-order valence-corrected chi connectivity index (χ0v) is 22.4. The summed E-state index contributed by atoms with van der Waals surface area (Å²) in [5.41, 5.74) is -0.651. The fraction of sp³-hybridized carbons (Fsp3) is 0.900. The highest BCUT2D eigenvalue weighted by atomic mass is 16.4. The molecule has 4 heteroatoms. The molecular formula is C30H48O4. The Morgan fingerprint density at radius 2 is 1.62 bits per heavy atom. The third kappa shape index (κ3) is 2.93. The van der Waals surface area contributed by atoms with Crippen LogP contribution in [0.3, 0.4) is 0 Å². The van der Waals surface area contributed by atoms with Crippen LogP contribution in [0.2, 0.25) is 0 Å². The van der Waals surface area contributed by atoms with Gasteiger partial charge in [-0.25, -0.2) is 0 Å². The van der Waals surface area contributed by atoms with Crippen molar-refractivity contribution in [3.05, 3.63) is 12.2 Å². The second-order valence-electron chi connectivity index (χ2n) is 14.6. The van der Waals surface area contributed by atoms with Crippen LogP contribution in [0.15, 0.2) is 12.2 Å². The van der Waals surface area contributed by atoms with E-state index in [-0.39, 0.29) is 11.3 Å². The molecule has 5 aliphatic rings. The van der Waals surface area contributed by atoms with Crippen molar-refractivity contribution < 1.29 is 20.1 Å². The van der Waals surface area contributed by atoms with E-state index in [1.165, 1.54) is 32.1 Å². The van der Waals surface area contributed by atoms with Crippen LogP contribution >= 0.6 is 0 Å². The van der Waals surface area contributed by atoms with E-state index >= 15 is 0 Å². The van der Waals surface area contributed by atoms with E-state index in [0.717, 1.165) is 25.7 Å². The summed E-state index contributed by atoms with van der Waals surface area (Å²) in [6, 6.07) is 0. The highest BCUT2D eigenvalue weighted by Crippen LogP contribution is 2.89. The Hall–Kier alpha value is -0.870. The second kappa shape index (κ2) is 7.34. The summed E-state index contributed by atoms with van der Waals surface area (Å²) in [5, 5.41) is 31.1. The summed E-state index contributed by atoms with van der Waals surface area (Å²) in [7, 11) is 0. The van der Waals surface area contributed by atoms with Crippen LogP contribution in [0.25, 0.3) is 0 Å². The van der Waals surface area contributed by atoms with Gasteiger partial charge in [-0.2, -0.15) is 0 Å². The van der Waals surface area contributed by atoms with E-state index in [2.05, 4.69) is 26.8 Å². The number of fused-ring (bicyclic) bond motifs is 2. The SMILES string of the molecule is C[C@H](C/C=C/C(C)(C)O)[C@H]1CC[C@@]2(C)[C@@H]3CC[C@H]4[C@](C)(C(=O)O)[C@@H](O)CC[C@@]45C[C@@]35CC[C@]12C. The van der Waals surface area contributed by atoms with Crippen molar-refractivity contribution in [1.29, 1.82) is 0 Å². The molecule has 5 fully saturated rings. The molecule has 0 aromatic carbocycles. The smallest absolute Gasteiger partial charge is 0.312 e. The van der Waals surface area contributed by atoms with Crippen LogP contribution in [-0.4, -0.2) is 33.0 Å². The summed E-state index contributed by atoms with van der Waals surface area (Å²) in [6.07, 6.45) is 14.5. The molecule has 0 radical (unpaired) electrons. The first kappa shape index (κ1) is 24.8. The number of carbonyl (C=O) groups is 1. The van der Waals surface area contributed by atoms with Crippen molar-refractivity contribution in [3.63, 3.8) is 0 Å². The van der Waals surface area contributed by atoms with Gasteiger partial charge in [0.25, 0.3) is 0 Å². The van der Waals surface area contributed by atoms with Gasteiger partial charge in [0.15, 0.2) is 0 Å². The van der Waals surface area contributed by atoms with Gasteiger partial charge in [-0.05, 0) is 130 Å². The maximum Gasteiger partial charge on any atom is 0.312 e. The predicted octanol–water partition coefficient (Wildman–Crippen LogP) is 6.20. The average Bonchev–Trinajstić information content (AvgIpc) is 3.32. The molecule has 2 spiro atoms. The largest absolute Gasteiger partial charge is 0.481 e. The normalized spacial score (nSPS) is 52.9. The Morgan fingerprint density at radius 1 is 0.971 bits per heavy atom. The van der Waals surface area contributed by atoms with E-state index in [9.17, 15) is 20.1 Å². The summed E-state index contributed by atoms with van der Waals surface area (Å²) in [4.78, 5) is 12.4. The molecule has 34 heavy (non-hydrogen) atoms. The number of allylic oxidation sites excluding steroid dienone is 1. The molecule has 4 nitrogen and oxygen atoms in total. The van der Waals surface area contributed by atoms with Gasteiger partial charge >= 0.3 is 5.97 Å². The molecule has 0 aromatic rings. The number of carboxylic acid groups (broad SMARTS) is 1. The Labute approximate surface area is 206 Å². The quantitative estimate of drug-likeness (QED) is 0.416. The maximum atomic E-state index is 12.4. The lowest BCUT2D eigenvalue weighted by Gasteiger charge is -2.63. The fourth-order valence-corrected chi connectivity index (χ4v) is 11.0. The summed E-state index contributed by atoms with van der Waals surface area (Å²) >= 11 is 0. The topological polar surface area (TPSA) is 77.8 Å². The molecule has 5 aliphatic carbocycles. The van der Waals surface area contributed by atoms with Crippen LogP contribution in [-0.2, 0) is 4.79 Å². The number of aliphatic carboxylic acids is 1. The molecule has 0 saturated heterocycles. The molecule has 5 saturated carbocycles. The number of aliphatic hydroxyl groups is 2. The molecule has 0 amide bonds. The molecule has 3 N–H and O–H groups in total. The molecular weight excluding hydrogens is 424 g/mol. The Balaban J connectivity index is 1.42. The highest BCUT2D eigenvalue weighted by molar-refractivity contribution is 5.76. The van der Waals surface area contributed by atoms with Gasteiger partial charge < -0.3 is 15.3 Å². The third-order valence-electron chi connectivity index (χ3n) is 13.0. The lowest BCUT2D eigenvalue weighted by Crippen LogP contribution is -2.59. The average molecular weight is 473 g/mol. The molecule has 192 valence electrons. The monoisotopic (exact) mass is 472 g/mol. The zero-order chi connectivity index (χ0) is 24.9. The molecule has 5 rings (SSSR count). The number of rotatable bonds is 5. The molecule has 0 aliphatic heterocycles. The first-order chi connectivity index (χ1) is 15.7. The molecule has 0 bridgehead atoms. The predicted molar refractivity (Wildman–Crippen MR) is 134 cm³/mol. The lowest BCUT2D eigenvalue weighted by atomic mass is 9.41. The molecule has 0 unspecified atom stereocenters. The van der Waals surface area contributed by atoms with Crippen molar-refractivity contribution in [3.8, 4) is 0 Å². The summed E-state index contributed by atoms with van der Waals surface area (Å²) < 4.78 is 0. The van der Waals surface area contributed by atoms with E-state index < -0.39 is 23.1 Å². The minimum Gasteiger partial charge on any atom is -0.481 e. The van der Waals surface area contributed by atoms with E-state index in [0.29, 0.717) is 40.4 Å². The Kier molecular flexibility index (Phi) is 5.36. The Bertz CT molecular complexity index is 889. The van der Waals surface area contributed by atoms with Crippen LogP contribution < -0.4 is 0 Å². The van der Waals surface area contributed by atoms with Crippen molar-refractivity contribution in [2.45, 2.75) is 117 Å². The highest BCUT2D eigenvalue weighted by Gasteiger charge is 2.83. The number of aliphatic hydroxyl groups excluding tert-OH is 1. The first-order valence-electron chi connectivity index (χ1n) is 14.0. The maximum absolute atomic E-state index is 12.4. The van der Waals surface area contributed by atoms with Gasteiger partial charge in [-0.15, -0.1) is 0 Å². The van der Waals surface area contributed by atoms with Crippen molar-refractivity contribution in [2.75, 3.05) is 0 Å². The number of hydrogen-bond donors (Lipinski definition) is 3. The standard InChI is InChI=1S/C30H48O4/c1-19(8-7-13-25(2,3)34)20-11-14-27(5)21-9-10-22-28(6,24(32)33)23(31)12-15-29(22)18-30(21,29)17-16-26(20,27)4/h7,13,19-23,31,34H,8-12,14-18H2,1-6H3,(H,32,33)/b13-7+/t19-,20-,21+,22+,23+,26-,27+,28+,29-,30+/m1/s1. The zero-order valence-electron chi connectivity index (χ0n) is 22.4. The van der Waals surface area contributed by atoms with Gasteiger partial charge in [-0.3, -0.25) is 4.79 Å². The van der Waals surface area contributed by atoms with Crippen LogP contribution in [0.1, 0.15) is 106 Å². The van der Waals surface area contributed by atoms with Crippen LogP contribution in [0.4, 0.5) is 0 Å². The van der Waals surface area contributed by atoms with Gasteiger partial charge in [-0.1, -0.05) is 32.9 Å². The van der Waals surface area contributed by atoms with E-state index in [4.69, 9.17) is 0 Å². The molecule has 0 aromatic heterocycles. The van der Waals surface area contributed by atoms with Gasteiger partial charge in [0.05, 0.1) is 17.1 Å². The fourth-order valence-electron chi connectivity index (χ4n) is 11.0. The van der Waals surface area contributed by atoms with Gasteiger partial charge in [0.1, 0.15) is 0 Å². The minimum absolute atomic E-state index is 0.119. The third-order valence-corrected chi connectivity index (χ3v) is 13.0. The van der Waals surface area contributed by atoms with Crippen molar-refractivity contribution >= 4 is 5.97 Å². The first-order valence-corrected chi connectivity index (χ1v) is 14.0. The number of hydrogen-bond acceptors (Lipinski definition) is 3. The summed E-state index contributed by atoms with van der Waals surface area (Å²) in [6.45, 7) is 13.1. The van der Waals surface area contributed by atoms with E-state index in [1.807, 2.05) is 26.8 Å². The second-order valence-corrected chi connectivity index (χ2v) is 14.6. The summed E-state index contributed by atoms with van der Waals surface area (Å²) in [5.74, 6) is 1.32. The lowest BCUT2D eigenvalue weighted by molar-refractivity contribution is -0.189. The van der Waals surface area contributed by atoms with Crippen LogP contribution in [0, 0.1) is 50.7 Å². The van der Waals surface area contributed by atoms with Crippen molar-refractivity contribution in [1.82, 2.24) is 0 Å². The molecule has 10 atom stereocenters. The van der Waals surface area contributed by atoms with E-state index in [1.54, 1.807) is 0 Å². The minimum atomic E-state index is -0.992. The van der Waals surface area contributed by atoms with Gasteiger partial charge in [0.2, 0.25) is 0 Å².